The number of ketones is 1. The Morgan fingerprint density at radius 2 is 2.27 bits per heavy atom. The summed E-state index contributed by atoms with van der Waals surface area (Å²) >= 11 is 1.85. The van der Waals surface area contributed by atoms with Crippen molar-refractivity contribution in [3.63, 3.8) is 0 Å². The molecule has 1 N–H and O–H groups in total. The van der Waals surface area contributed by atoms with E-state index in [4.69, 9.17) is 7.80 Å². The van der Waals surface area contributed by atoms with Crippen molar-refractivity contribution in [1.82, 2.24) is 0 Å². The first-order chi connectivity index (χ1) is 10.7. The molecule has 1 saturated carbocycles. The molecule has 4 aliphatic rings. The first-order valence-corrected chi connectivity index (χ1v) is 8.61. The van der Waals surface area contributed by atoms with E-state index in [0.717, 1.165) is 37.0 Å². The summed E-state index contributed by atoms with van der Waals surface area (Å²) in [5.41, 5.74) is 2.01. The van der Waals surface area contributed by atoms with Crippen molar-refractivity contribution in [2.45, 2.75) is 37.2 Å². The monoisotopic (exact) mass is 410 g/mol. The SMILES string of the molecule is O=C1C=C(O)C2[C@@H]3CCC[C@@]24c2c(ccc(OI)c2OC14)C3. The third-order valence-electron chi connectivity index (χ3n) is 6.00. The number of ether oxygens (including phenoxy) is 1. The van der Waals surface area contributed by atoms with Crippen LogP contribution in [-0.4, -0.2) is 17.0 Å². The van der Waals surface area contributed by atoms with Crippen LogP contribution in [-0.2, 0) is 16.6 Å². The molecule has 1 aliphatic heterocycles. The van der Waals surface area contributed by atoms with Gasteiger partial charge in [0, 0.05) is 17.6 Å². The average Bonchev–Trinajstić information content (AvgIpc) is 2.83. The molecule has 5 rings (SSSR count). The van der Waals surface area contributed by atoms with Crippen LogP contribution < -0.4 is 7.80 Å². The summed E-state index contributed by atoms with van der Waals surface area (Å²) in [6, 6.07) is 4.04. The quantitative estimate of drug-likeness (QED) is 0.722. The number of hydrogen-bond acceptors (Lipinski definition) is 4. The molecule has 1 heterocycles. The first-order valence-electron chi connectivity index (χ1n) is 7.73. The van der Waals surface area contributed by atoms with Crippen LogP contribution in [0, 0.1) is 11.8 Å². The van der Waals surface area contributed by atoms with Gasteiger partial charge in [0.05, 0.1) is 5.41 Å². The largest absolute Gasteiger partial charge is 0.512 e. The molecule has 0 aromatic heterocycles. The lowest BCUT2D eigenvalue weighted by molar-refractivity contribution is -0.128. The summed E-state index contributed by atoms with van der Waals surface area (Å²) in [5.74, 6) is 1.96. The van der Waals surface area contributed by atoms with Gasteiger partial charge in [-0.15, -0.1) is 0 Å². The van der Waals surface area contributed by atoms with Gasteiger partial charge in [0.1, 0.15) is 5.76 Å². The summed E-state index contributed by atoms with van der Waals surface area (Å²) < 4.78 is 11.6. The number of rotatable bonds is 1. The Labute approximate surface area is 142 Å². The highest BCUT2D eigenvalue weighted by Crippen LogP contribution is 2.65. The summed E-state index contributed by atoms with van der Waals surface area (Å²) in [7, 11) is 0. The molecule has 114 valence electrons. The second-order valence-corrected chi connectivity index (χ2v) is 7.29. The van der Waals surface area contributed by atoms with Crippen LogP contribution in [0.1, 0.15) is 30.4 Å². The number of allylic oxidation sites excluding steroid dienone is 1. The Morgan fingerprint density at radius 3 is 3.09 bits per heavy atom. The molecule has 2 bridgehead atoms. The summed E-state index contributed by atoms with van der Waals surface area (Å²) in [5, 5.41) is 10.5. The fourth-order valence-electron chi connectivity index (χ4n) is 5.42. The fraction of sp³-hybridized carbons (Fsp3) is 0.471. The topological polar surface area (TPSA) is 55.8 Å². The van der Waals surface area contributed by atoms with E-state index in [2.05, 4.69) is 6.07 Å². The lowest BCUT2D eigenvalue weighted by atomic mass is 9.49. The minimum Gasteiger partial charge on any atom is -0.512 e. The van der Waals surface area contributed by atoms with Gasteiger partial charge in [-0.25, -0.2) is 0 Å². The molecule has 3 aliphatic carbocycles. The normalized spacial score (nSPS) is 37.2. The van der Waals surface area contributed by atoms with Gasteiger partial charge in [0.2, 0.25) is 0 Å². The van der Waals surface area contributed by atoms with Crippen molar-refractivity contribution in [3.8, 4) is 11.5 Å². The van der Waals surface area contributed by atoms with Gasteiger partial charge in [0.15, 0.2) is 46.4 Å². The van der Waals surface area contributed by atoms with Gasteiger partial charge in [0.25, 0.3) is 0 Å². The van der Waals surface area contributed by atoms with E-state index >= 15 is 0 Å². The van der Waals surface area contributed by atoms with Crippen LogP contribution in [0.25, 0.3) is 0 Å². The van der Waals surface area contributed by atoms with Gasteiger partial charge >= 0.3 is 0 Å². The number of aliphatic hydroxyl groups excluding tert-OH is 1. The molecular weight excluding hydrogens is 395 g/mol. The number of carbonyl (C=O) groups excluding carboxylic acids is 1. The molecule has 0 radical (unpaired) electrons. The minimum atomic E-state index is -0.502. The zero-order valence-electron chi connectivity index (χ0n) is 11.8. The van der Waals surface area contributed by atoms with Crippen LogP contribution >= 0.6 is 23.0 Å². The maximum absolute atomic E-state index is 12.5. The van der Waals surface area contributed by atoms with Gasteiger partial charge in [-0.05, 0) is 36.8 Å². The Hall–Kier alpha value is -1.24. The van der Waals surface area contributed by atoms with Crippen molar-refractivity contribution in [2.75, 3.05) is 0 Å². The van der Waals surface area contributed by atoms with E-state index in [9.17, 15) is 9.90 Å². The molecule has 0 saturated heterocycles. The van der Waals surface area contributed by atoms with Crippen LogP contribution in [0.5, 0.6) is 11.5 Å². The molecule has 1 aromatic carbocycles. The third kappa shape index (κ3) is 1.33. The Balaban J connectivity index is 1.86. The number of halogens is 1. The second kappa shape index (κ2) is 4.19. The number of hydrogen-bond donors (Lipinski definition) is 1. The Morgan fingerprint density at radius 1 is 1.41 bits per heavy atom. The van der Waals surface area contributed by atoms with Crippen molar-refractivity contribution >= 4 is 28.8 Å². The van der Waals surface area contributed by atoms with Crippen LogP contribution in [0.15, 0.2) is 24.0 Å². The second-order valence-electron chi connectivity index (χ2n) is 6.85. The van der Waals surface area contributed by atoms with E-state index < -0.39 is 6.10 Å². The summed E-state index contributed by atoms with van der Waals surface area (Å²) in [6.07, 6.45) is 4.91. The van der Waals surface area contributed by atoms with E-state index in [0.29, 0.717) is 11.7 Å². The smallest absolute Gasteiger partial charge is 0.200 e. The molecular formula is C17H15IO4. The van der Waals surface area contributed by atoms with Gasteiger partial charge in [-0.3, -0.25) is 4.79 Å². The zero-order valence-corrected chi connectivity index (χ0v) is 14.0. The number of benzene rings is 1. The number of carbonyl (C=O) groups is 1. The third-order valence-corrected chi connectivity index (χ3v) is 6.48. The molecule has 2 unspecified atom stereocenters. The lowest BCUT2D eigenvalue weighted by Gasteiger charge is -2.52. The van der Waals surface area contributed by atoms with E-state index in [1.165, 1.54) is 11.6 Å². The van der Waals surface area contributed by atoms with Crippen LogP contribution in [0.3, 0.4) is 0 Å². The predicted molar refractivity (Wildman–Crippen MR) is 87.4 cm³/mol. The maximum Gasteiger partial charge on any atom is 0.200 e. The minimum absolute atomic E-state index is 0.0159. The van der Waals surface area contributed by atoms with Gasteiger partial charge < -0.3 is 12.9 Å². The Bertz CT molecular complexity index is 740. The lowest BCUT2D eigenvalue weighted by Crippen LogP contribution is -2.58. The first kappa shape index (κ1) is 13.2. The number of aliphatic hydroxyl groups is 1. The van der Waals surface area contributed by atoms with Crippen molar-refractivity contribution in [1.29, 1.82) is 0 Å². The highest BCUT2D eigenvalue weighted by atomic mass is 127. The predicted octanol–water partition coefficient (Wildman–Crippen LogP) is 3.41. The standard InChI is InChI=1S/C17H15IO4/c18-22-12-4-3-9-6-8-2-1-5-17-13(8)10(19)7-11(20)16(17)21-15(12)14(9)17/h3-4,7-8,13,16,19H,1-2,5-6H2/t8-,13?,16?,17+/m1/s1. The van der Waals surface area contributed by atoms with E-state index in [1.54, 1.807) is 0 Å². The highest BCUT2D eigenvalue weighted by Gasteiger charge is 2.65. The van der Waals surface area contributed by atoms with Crippen LogP contribution in [0.2, 0.25) is 0 Å². The summed E-state index contributed by atoms with van der Waals surface area (Å²) in [4.78, 5) is 12.5. The van der Waals surface area contributed by atoms with Crippen molar-refractivity contribution in [2.24, 2.45) is 11.8 Å². The molecule has 1 fully saturated rings. The van der Waals surface area contributed by atoms with Gasteiger partial charge in [-0.2, -0.15) is 0 Å². The zero-order chi connectivity index (χ0) is 15.1. The van der Waals surface area contributed by atoms with E-state index in [-0.39, 0.29) is 22.9 Å². The van der Waals surface area contributed by atoms with Gasteiger partial charge in [-0.1, -0.05) is 12.5 Å². The summed E-state index contributed by atoms with van der Waals surface area (Å²) in [6.45, 7) is 0. The van der Waals surface area contributed by atoms with Crippen molar-refractivity contribution < 1.29 is 17.7 Å². The Kier molecular flexibility index (Phi) is 2.52. The molecule has 22 heavy (non-hydrogen) atoms. The highest BCUT2D eigenvalue weighted by molar-refractivity contribution is 14.1. The molecule has 5 heteroatoms. The maximum atomic E-state index is 12.5. The average molecular weight is 410 g/mol. The fourth-order valence-corrected chi connectivity index (χ4v) is 5.77. The van der Waals surface area contributed by atoms with Crippen LogP contribution in [0.4, 0.5) is 0 Å². The molecule has 1 aromatic rings. The van der Waals surface area contributed by atoms with Crippen molar-refractivity contribution in [3.05, 3.63) is 35.1 Å². The molecule has 4 atom stereocenters. The molecule has 4 nitrogen and oxygen atoms in total. The van der Waals surface area contributed by atoms with E-state index in [1.807, 2.05) is 29.1 Å². The molecule has 0 amide bonds. The molecule has 1 spiro atoms.